The standard InChI is InChI=1S/C12H10N4O2S/c1-6-11(15-12(13)19-6)9-5-14-10-3-2-7(16(17)18)4-8(9)10/h2-5,14H,1H3,(H2,13,15). The molecule has 96 valence electrons. The van der Waals surface area contributed by atoms with Crippen molar-refractivity contribution in [3.63, 3.8) is 0 Å². The lowest BCUT2D eigenvalue weighted by Crippen LogP contribution is -1.87. The second kappa shape index (κ2) is 4.06. The number of nitro groups is 1. The number of fused-ring (bicyclic) bond motifs is 1. The van der Waals surface area contributed by atoms with Crippen LogP contribution in [0.15, 0.2) is 24.4 Å². The first-order chi connectivity index (χ1) is 9.06. The van der Waals surface area contributed by atoms with Crippen molar-refractivity contribution >= 4 is 33.1 Å². The van der Waals surface area contributed by atoms with Gasteiger partial charge >= 0.3 is 0 Å². The Morgan fingerprint density at radius 1 is 1.47 bits per heavy atom. The lowest BCUT2D eigenvalue weighted by Gasteiger charge is -1.97. The van der Waals surface area contributed by atoms with Crippen LogP contribution in [-0.2, 0) is 0 Å². The molecule has 0 aliphatic heterocycles. The molecule has 0 spiro atoms. The van der Waals surface area contributed by atoms with E-state index in [-0.39, 0.29) is 5.69 Å². The van der Waals surface area contributed by atoms with Crippen LogP contribution in [0.3, 0.4) is 0 Å². The highest BCUT2D eigenvalue weighted by atomic mass is 32.1. The second-order valence-corrected chi connectivity index (χ2v) is 5.38. The second-order valence-electron chi connectivity index (χ2n) is 4.15. The van der Waals surface area contributed by atoms with Crippen LogP contribution in [0.1, 0.15) is 4.88 Å². The third-order valence-electron chi connectivity index (χ3n) is 2.94. The van der Waals surface area contributed by atoms with Gasteiger partial charge < -0.3 is 10.7 Å². The van der Waals surface area contributed by atoms with E-state index < -0.39 is 4.92 Å². The Kier molecular flexibility index (Phi) is 2.49. The van der Waals surface area contributed by atoms with Gasteiger partial charge in [0.2, 0.25) is 0 Å². The predicted octanol–water partition coefficient (Wildman–Crippen LogP) is 3.09. The number of benzene rings is 1. The summed E-state index contributed by atoms with van der Waals surface area (Å²) < 4.78 is 0. The van der Waals surface area contributed by atoms with Crippen molar-refractivity contribution in [2.24, 2.45) is 0 Å². The van der Waals surface area contributed by atoms with Crippen molar-refractivity contribution in [3.8, 4) is 11.3 Å². The number of aromatic amines is 1. The fraction of sp³-hybridized carbons (Fsp3) is 0.0833. The van der Waals surface area contributed by atoms with Crippen LogP contribution in [-0.4, -0.2) is 14.9 Å². The van der Waals surface area contributed by atoms with Crippen LogP contribution in [0.5, 0.6) is 0 Å². The minimum atomic E-state index is -0.404. The molecule has 6 nitrogen and oxygen atoms in total. The summed E-state index contributed by atoms with van der Waals surface area (Å²) in [5.74, 6) is 0. The van der Waals surface area contributed by atoms with Crippen molar-refractivity contribution in [1.82, 2.24) is 9.97 Å². The highest BCUT2D eigenvalue weighted by Gasteiger charge is 2.15. The van der Waals surface area contributed by atoms with Crippen molar-refractivity contribution in [1.29, 1.82) is 0 Å². The van der Waals surface area contributed by atoms with Gasteiger partial charge in [-0.1, -0.05) is 0 Å². The molecule has 3 aromatic rings. The molecule has 0 aliphatic carbocycles. The summed E-state index contributed by atoms with van der Waals surface area (Å²) in [7, 11) is 0. The summed E-state index contributed by atoms with van der Waals surface area (Å²) in [5.41, 5.74) is 8.21. The molecule has 0 atom stereocenters. The minimum Gasteiger partial charge on any atom is -0.375 e. The van der Waals surface area contributed by atoms with Gasteiger partial charge in [-0.3, -0.25) is 10.1 Å². The summed E-state index contributed by atoms with van der Waals surface area (Å²) in [5, 5.41) is 12.1. The summed E-state index contributed by atoms with van der Waals surface area (Å²) in [6.45, 7) is 1.93. The van der Waals surface area contributed by atoms with E-state index in [1.165, 1.54) is 17.4 Å². The van der Waals surface area contributed by atoms with E-state index in [1.54, 1.807) is 18.3 Å². The molecular formula is C12H10N4O2S. The first kappa shape index (κ1) is 11.7. The zero-order valence-electron chi connectivity index (χ0n) is 10.0. The zero-order valence-corrected chi connectivity index (χ0v) is 10.8. The number of nitrogens with one attached hydrogen (secondary N) is 1. The van der Waals surface area contributed by atoms with E-state index in [2.05, 4.69) is 9.97 Å². The Bertz CT molecular complexity index is 790. The van der Waals surface area contributed by atoms with Crippen LogP contribution in [0.25, 0.3) is 22.2 Å². The molecule has 0 aliphatic rings. The molecular weight excluding hydrogens is 264 g/mol. The van der Waals surface area contributed by atoms with Crippen LogP contribution in [0.4, 0.5) is 10.8 Å². The SMILES string of the molecule is Cc1sc(N)nc1-c1c[nH]c2ccc([N+](=O)[O-])cc12. The first-order valence-corrected chi connectivity index (χ1v) is 6.36. The predicted molar refractivity (Wildman–Crippen MR) is 75.2 cm³/mol. The summed E-state index contributed by atoms with van der Waals surface area (Å²) in [6, 6.07) is 4.73. The van der Waals surface area contributed by atoms with Crippen molar-refractivity contribution in [2.45, 2.75) is 6.92 Å². The summed E-state index contributed by atoms with van der Waals surface area (Å²) in [4.78, 5) is 18.8. The monoisotopic (exact) mass is 274 g/mol. The molecule has 0 bridgehead atoms. The fourth-order valence-corrected chi connectivity index (χ4v) is 2.79. The number of hydrogen-bond acceptors (Lipinski definition) is 5. The van der Waals surface area contributed by atoms with Crippen LogP contribution >= 0.6 is 11.3 Å². The first-order valence-electron chi connectivity index (χ1n) is 5.55. The molecule has 2 heterocycles. The van der Waals surface area contributed by atoms with Crippen LogP contribution in [0, 0.1) is 17.0 Å². The molecule has 1 aromatic carbocycles. The Morgan fingerprint density at radius 2 is 2.26 bits per heavy atom. The largest absolute Gasteiger partial charge is 0.375 e. The van der Waals surface area contributed by atoms with Crippen molar-refractivity contribution < 1.29 is 4.92 Å². The lowest BCUT2D eigenvalue weighted by atomic mass is 10.1. The highest BCUT2D eigenvalue weighted by molar-refractivity contribution is 7.15. The van der Waals surface area contributed by atoms with E-state index in [0.717, 1.165) is 27.0 Å². The maximum Gasteiger partial charge on any atom is 0.270 e. The minimum absolute atomic E-state index is 0.0641. The number of anilines is 1. The fourth-order valence-electron chi connectivity index (χ4n) is 2.08. The number of hydrogen-bond donors (Lipinski definition) is 2. The molecule has 0 unspecified atom stereocenters. The molecule has 0 saturated carbocycles. The smallest absolute Gasteiger partial charge is 0.270 e. The number of thiazole rings is 1. The Labute approximate surface area is 112 Å². The quantitative estimate of drug-likeness (QED) is 0.554. The van der Waals surface area contributed by atoms with Gasteiger partial charge in [-0.25, -0.2) is 4.98 Å². The van der Waals surface area contributed by atoms with Crippen molar-refractivity contribution in [2.75, 3.05) is 5.73 Å². The van der Waals surface area contributed by atoms with E-state index in [1.807, 2.05) is 6.92 Å². The molecule has 0 fully saturated rings. The molecule has 7 heteroatoms. The van der Waals surface area contributed by atoms with Crippen LogP contribution < -0.4 is 5.73 Å². The average molecular weight is 274 g/mol. The maximum atomic E-state index is 10.8. The average Bonchev–Trinajstić information content (AvgIpc) is 2.91. The van der Waals surface area contributed by atoms with Crippen molar-refractivity contribution in [3.05, 3.63) is 39.4 Å². The lowest BCUT2D eigenvalue weighted by molar-refractivity contribution is -0.384. The van der Waals surface area contributed by atoms with Gasteiger partial charge in [0.15, 0.2) is 5.13 Å². The summed E-state index contributed by atoms with van der Waals surface area (Å²) >= 11 is 1.41. The molecule has 0 radical (unpaired) electrons. The number of aromatic nitrogens is 2. The van der Waals surface area contributed by atoms with Gasteiger partial charge in [-0.05, 0) is 13.0 Å². The Morgan fingerprint density at radius 3 is 2.89 bits per heavy atom. The summed E-state index contributed by atoms with van der Waals surface area (Å²) in [6.07, 6.45) is 1.80. The Balaban J connectivity index is 2.27. The number of nitrogen functional groups attached to an aromatic ring is 1. The number of H-pyrrole nitrogens is 1. The van der Waals surface area contributed by atoms with Gasteiger partial charge in [-0.2, -0.15) is 0 Å². The number of nitrogens with two attached hydrogens (primary N) is 1. The van der Waals surface area contributed by atoms with Gasteiger partial charge in [0, 0.05) is 39.7 Å². The Hall–Kier alpha value is -2.41. The zero-order chi connectivity index (χ0) is 13.6. The molecule has 19 heavy (non-hydrogen) atoms. The van der Waals surface area contributed by atoms with Gasteiger partial charge in [0.05, 0.1) is 10.6 Å². The van der Waals surface area contributed by atoms with E-state index in [9.17, 15) is 10.1 Å². The number of nitro benzene ring substituents is 1. The van der Waals surface area contributed by atoms with E-state index >= 15 is 0 Å². The normalized spacial score (nSPS) is 11.0. The highest BCUT2D eigenvalue weighted by Crippen LogP contribution is 2.35. The van der Waals surface area contributed by atoms with Crippen LogP contribution in [0.2, 0.25) is 0 Å². The number of rotatable bonds is 2. The molecule has 2 aromatic heterocycles. The number of aryl methyl sites for hydroxylation is 1. The van der Waals surface area contributed by atoms with Gasteiger partial charge in [0.25, 0.3) is 5.69 Å². The third-order valence-corrected chi connectivity index (χ3v) is 3.74. The van der Waals surface area contributed by atoms with E-state index in [4.69, 9.17) is 5.73 Å². The van der Waals surface area contributed by atoms with E-state index in [0.29, 0.717) is 5.13 Å². The van der Waals surface area contributed by atoms with Gasteiger partial charge in [-0.15, -0.1) is 11.3 Å². The number of non-ortho nitro benzene ring substituents is 1. The topological polar surface area (TPSA) is 97.8 Å². The molecule has 0 saturated heterocycles. The third kappa shape index (κ3) is 1.84. The molecule has 3 rings (SSSR count). The maximum absolute atomic E-state index is 10.8. The van der Waals surface area contributed by atoms with Gasteiger partial charge in [0.1, 0.15) is 0 Å². The molecule has 3 N–H and O–H groups in total. The number of nitrogens with zero attached hydrogens (tertiary/aromatic N) is 2. The molecule has 0 amide bonds.